The fourth-order valence-corrected chi connectivity index (χ4v) is 22.4. The van der Waals surface area contributed by atoms with Crippen LogP contribution in [0.3, 0.4) is 0 Å². The summed E-state index contributed by atoms with van der Waals surface area (Å²) in [7, 11) is 0. The van der Waals surface area contributed by atoms with Gasteiger partial charge in [0.1, 0.15) is 0 Å². The lowest BCUT2D eigenvalue weighted by molar-refractivity contribution is 1.18. The Morgan fingerprint density at radius 2 is 0.229 bits per heavy atom. The summed E-state index contributed by atoms with van der Waals surface area (Å²) >= 11 is 0. The third-order valence-electron chi connectivity index (χ3n) is 29.1. The van der Waals surface area contributed by atoms with Crippen molar-refractivity contribution in [3.63, 3.8) is 0 Å². The molecule has 0 unspecified atom stereocenters. The molecule has 0 saturated heterocycles. The SMILES string of the molecule is c1ccc(-c2cc(-c3ccccc3)cc(-n3c4ccccc4c4cc(-c5ccc6c(c5)c5ccccc5n6-c5ccccc5)ccc43)c2)cc1.c1ccc(-c2cccc(-n3c4ccccc4c4cc(-c5ccc6c(c5)c5ccccc5n6-c5cccc(-c6ccccc6)c5)ccc43)c2)cc1.c1ccc(-c2cccc(-n3c4ccccc4c4cc(-c5ccc6c(c5)c5ccccc5n6-c5ccccc5)ccc43)c2)cc1. The van der Waals surface area contributed by atoms with Crippen LogP contribution in [-0.2, 0) is 0 Å². The second kappa shape index (κ2) is 35.7. The van der Waals surface area contributed by atoms with Crippen molar-refractivity contribution < 1.29 is 0 Å². The molecule has 23 aromatic carbocycles. The van der Waals surface area contributed by atoms with Gasteiger partial charge in [0, 0.05) is 98.8 Å². The van der Waals surface area contributed by atoms with Crippen molar-refractivity contribution in [3.8, 4) is 123 Å². The molecule has 0 fully saturated rings. The van der Waals surface area contributed by atoms with Crippen LogP contribution in [0.5, 0.6) is 0 Å². The fourth-order valence-electron chi connectivity index (χ4n) is 22.4. The molecule has 674 valence electrons. The molecule has 0 radical (unpaired) electrons. The summed E-state index contributed by atoms with van der Waals surface area (Å²) in [5, 5.41) is 15.1. The molecule has 0 saturated carbocycles. The highest BCUT2D eigenvalue weighted by Crippen LogP contribution is 2.46. The van der Waals surface area contributed by atoms with Crippen LogP contribution in [0.15, 0.2) is 558 Å². The van der Waals surface area contributed by atoms with Crippen molar-refractivity contribution in [2.75, 3.05) is 0 Å². The minimum atomic E-state index is 1.15. The van der Waals surface area contributed by atoms with Crippen molar-refractivity contribution in [2.24, 2.45) is 0 Å². The van der Waals surface area contributed by atoms with Gasteiger partial charge in [-0.25, -0.2) is 0 Å². The maximum atomic E-state index is 2.43. The highest BCUT2D eigenvalue weighted by Gasteiger charge is 2.24. The Hall–Kier alpha value is -19.1. The second-order valence-electron chi connectivity index (χ2n) is 37.4. The van der Waals surface area contributed by atoms with E-state index < -0.39 is 0 Å². The number of nitrogens with zero attached hydrogens (tertiary/aromatic N) is 6. The van der Waals surface area contributed by atoms with Gasteiger partial charge in [0.25, 0.3) is 0 Å². The van der Waals surface area contributed by atoms with Gasteiger partial charge >= 0.3 is 0 Å². The second-order valence-corrected chi connectivity index (χ2v) is 37.4. The Morgan fingerprint density at radius 1 is 0.0764 bits per heavy atom. The largest absolute Gasteiger partial charge is 0.309 e. The zero-order valence-corrected chi connectivity index (χ0v) is 78.8. The van der Waals surface area contributed by atoms with Crippen molar-refractivity contribution in [1.82, 2.24) is 27.4 Å². The van der Waals surface area contributed by atoms with Crippen LogP contribution >= 0.6 is 0 Å². The van der Waals surface area contributed by atoms with Gasteiger partial charge in [-0.05, 0) is 277 Å². The molecular formula is C138H92N6. The van der Waals surface area contributed by atoms with Crippen LogP contribution < -0.4 is 0 Å². The van der Waals surface area contributed by atoms with Crippen LogP contribution in [0.25, 0.3) is 254 Å². The quantitative estimate of drug-likeness (QED) is 0.104. The molecule has 6 heterocycles. The molecule has 0 aliphatic heterocycles. The molecule has 29 aromatic rings. The third-order valence-corrected chi connectivity index (χ3v) is 29.1. The van der Waals surface area contributed by atoms with Gasteiger partial charge in [-0.1, -0.05) is 370 Å². The monoisotopic (exact) mass is 1830 g/mol. The number of hydrogen-bond acceptors (Lipinski definition) is 0. The van der Waals surface area contributed by atoms with Crippen LogP contribution in [0.1, 0.15) is 0 Å². The first-order valence-corrected chi connectivity index (χ1v) is 49.5. The lowest BCUT2D eigenvalue weighted by atomic mass is 9.98. The van der Waals surface area contributed by atoms with Crippen molar-refractivity contribution in [1.29, 1.82) is 0 Å². The van der Waals surface area contributed by atoms with Gasteiger partial charge in [0.2, 0.25) is 0 Å². The molecule has 6 nitrogen and oxygen atoms in total. The molecule has 0 spiro atoms. The minimum absolute atomic E-state index is 1.15. The molecule has 0 aliphatic carbocycles. The van der Waals surface area contributed by atoms with E-state index in [2.05, 4.69) is 586 Å². The molecule has 6 heteroatoms. The Kier molecular flexibility index (Phi) is 20.9. The van der Waals surface area contributed by atoms with Gasteiger partial charge in [0.05, 0.1) is 66.2 Å². The number of fused-ring (bicyclic) bond motifs is 18. The van der Waals surface area contributed by atoms with Gasteiger partial charge in [-0.2, -0.15) is 0 Å². The smallest absolute Gasteiger partial charge is 0.0541 e. The van der Waals surface area contributed by atoms with E-state index in [4.69, 9.17) is 0 Å². The van der Waals surface area contributed by atoms with E-state index in [1.807, 2.05) is 0 Å². The van der Waals surface area contributed by atoms with E-state index in [0.717, 1.165) is 17.1 Å². The summed E-state index contributed by atoms with van der Waals surface area (Å²) in [6.07, 6.45) is 0. The predicted molar refractivity (Wildman–Crippen MR) is 609 cm³/mol. The Morgan fingerprint density at radius 3 is 0.458 bits per heavy atom. The highest BCUT2D eigenvalue weighted by molar-refractivity contribution is 6.17. The molecular weight excluding hydrogens is 1740 g/mol. The molecule has 6 aromatic heterocycles. The first-order valence-electron chi connectivity index (χ1n) is 49.5. The lowest BCUT2D eigenvalue weighted by Crippen LogP contribution is -1.96. The van der Waals surface area contributed by atoms with E-state index in [9.17, 15) is 0 Å². The summed E-state index contributed by atoms with van der Waals surface area (Å²) in [6.45, 7) is 0. The van der Waals surface area contributed by atoms with E-state index in [1.165, 1.54) is 237 Å². The molecule has 0 atom stereocenters. The number of rotatable bonds is 14. The van der Waals surface area contributed by atoms with Gasteiger partial charge < -0.3 is 27.4 Å². The van der Waals surface area contributed by atoms with Crippen molar-refractivity contribution in [3.05, 3.63) is 558 Å². The topological polar surface area (TPSA) is 29.6 Å². The molecule has 0 bridgehead atoms. The summed E-state index contributed by atoms with van der Waals surface area (Å²) in [5.74, 6) is 0. The number of hydrogen-bond donors (Lipinski definition) is 0. The fraction of sp³-hybridized carbons (Fsp3) is 0. The average molecular weight is 1830 g/mol. The number of para-hydroxylation sites is 8. The maximum Gasteiger partial charge on any atom is 0.0541 e. The summed E-state index contributed by atoms with van der Waals surface area (Å²) < 4.78 is 14.4. The van der Waals surface area contributed by atoms with Crippen LogP contribution in [-0.4, -0.2) is 27.4 Å². The van der Waals surface area contributed by atoms with Gasteiger partial charge in [-0.3, -0.25) is 0 Å². The van der Waals surface area contributed by atoms with E-state index in [-0.39, 0.29) is 0 Å². The van der Waals surface area contributed by atoms with E-state index >= 15 is 0 Å². The first kappa shape index (κ1) is 84.2. The summed E-state index contributed by atoms with van der Waals surface area (Å²) in [4.78, 5) is 0. The number of benzene rings is 23. The lowest BCUT2D eigenvalue weighted by Gasteiger charge is -2.14. The Bertz CT molecular complexity index is 9740. The molecule has 144 heavy (non-hydrogen) atoms. The highest BCUT2D eigenvalue weighted by atomic mass is 15.0. The normalized spacial score (nSPS) is 11.6. The van der Waals surface area contributed by atoms with Crippen LogP contribution in [0.2, 0.25) is 0 Å². The Labute approximate surface area is 833 Å². The maximum absolute atomic E-state index is 2.43. The van der Waals surface area contributed by atoms with Crippen molar-refractivity contribution in [2.45, 2.75) is 0 Å². The molecule has 29 rings (SSSR count). The van der Waals surface area contributed by atoms with Crippen molar-refractivity contribution >= 4 is 131 Å². The molecule has 0 aliphatic rings. The molecule has 0 N–H and O–H groups in total. The third kappa shape index (κ3) is 14.8. The predicted octanol–water partition coefficient (Wildman–Crippen LogP) is 37.0. The van der Waals surface area contributed by atoms with Gasteiger partial charge in [-0.15, -0.1) is 0 Å². The van der Waals surface area contributed by atoms with Crippen LogP contribution in [0.4, 0.5) is 0 Å². The zero-order valence-electron chi connectivity index (χ0n) is 78.8. The summed E-state index contributed by atoms with van der Waals surface area (Å²) in [5.41, 5.74) is 40.9. The van der Waals surface area contributed by atoms with Crippen LogP contribution in [0, 0.1) is 0 Å². The zero-order chi connectivity index (χ0) is 95.1. The Balaban J connectivity index is 0.000000108. The van der Waals surface area contributed by atoms with Gasteiger partial charge in [0.15, 0.2) is 0 Å². The van der Waals surface area contributed by atoms with E-state index in [1.54, 1.807) is 0 Å². The average Bonchev–Trinajstić information content (AvgIpc) is 1.58. The number of aromatic nitrogens is 6. The first-order chi connectivity index (χ1) is 71.4. The van der Waals surface area contributed by atoms with E-state index in [0.29, 0.717) is 0 Å². The minimum Gasteiger partial charge on any atom is -0.309 e. The molecule has 0 amide bonds. The summed E-state index contributed by atoms with van der Waals surface area (Å²) in [6, 6.07) is 202. The standard InChI is InChI=1S/2C48H32N2.C42H28N2/c1-4-14-33(15-5-1)37-28-38(34-16-6-2-7-17-34)30-40(29-37)50-46-23-13-11-21-42(46)44-32-36(25-27-48(44)50)35-24-26-47-43(31-35)41-20-10-12-22-45(41)49(47)39-18-8-3-9-19-39;1-3-13-33(14-4-1)35-17-11-19-39(29-35)49-45-23-9-7-21-41(45)43-31-37(25-27-47(43)49)38-26-28-48-44(32-38)42-22-8-10-24-46(42)50(48)40-20-12-18-36(30-40)34-15-5-2-6-16-34;1-3-12-29(13-4-1)30-14-11-17-34(26-30)44-40-21-10-8-19-36(40)38-28-32(23-25-42(38)44)31-22-24-41-37(27-31)35-18-7-9-20-39(35)43(41)33-15-5-2-6-16-33/h2*1-32H;1-28H.